The largest absolute Gasteiger partial charge is 0.497 e. The Balaban J connectivity index is 1.92. The van der Waals surface area contributed by atoms with Crippen LogP contribution in [-0.4, -0.2) is 48.3 Å². The lowest BCUT2D eigenvalue weighted by molar-refractivity contribution is -0.131. The van der Waals surface area contributed by atoms with Gasteiger partial charge in [0.15, 0.2) is 0 Å². The van der Waals surface area contributed by atoms with E-state index in [0.717, 1.165) is 11.3 Å². The molecule has 0 saturated carbocycles. The first-order valence-electron chi connectivity index (χ1n) is 6.45. The average Bonchev–Trinajstić information content (AvgIpc) is 2.85. The maximum atomic E-state index is 12.1. The van der Waals surface area contributed by atoms with Gasteiger partial charge >= 0.3 is 0 Å². The molecule has 1 amide bonds. The first-order chi connectivity index (χ1) is 9.10. The normalized spacial score (nSPS) is 20.4. The quantitative estimate of drug-likeness (QED) is 0.812. The van der Waals surface area contributed by atoms with Gasteiger partial charge in [0.2, 0.25) is 5.91 Å². The van der Waals surface area contributed by atoms with Crippen LogP contribution in [0.5, 0.6) is 5.75 Å². The predicted octanol–water partition coefficient (Wildman–Crippen LogP) is 0.158. The third-order valence-corrected chi connectivity index (χ3v) is 3.41. The molecule has 0 aliphatic carbocycles. The van der Waals surface area contributed by atoms with Gasteiger partial charge in [0.1, 0.15) is 5.75 Å². The third kappa shape index (κ3) is 3.45. The van der Waals surface area contributed by atoms with Crippen LogP contribution in [0.15, 0.2) is 24.3 Å². The topological polar surface area (TPSA) is 75.8 Å². The van der Waals surface area contributed by atoms with E-state index in [1.165, 1.54) is 0 Å². The number of nitrogens with zero attached hydrogens (tertiary/aromatic N) is 1. The number of carbonyl (C=O) groups is 1. The smallest absolute Gasteiger partial charge is 0.239 e. The summed E-state index contributed by atoms with van der Waals surface area (Å²) >= 11 is 0. The SMILES string of the molecule is COc1ccc(C[C@@H](N)C(=O)N2CC[C@@H](O)C2)cc1. The highest BCUT2D eigenvalue weighted by Crippen LogP contribution is 2.14. The number of hydrogen-bond acceptors (Lipinski definition) is 4. The molecular formula is C14H20N2O3. The van der Waals surface area contributed by atoms with E-state index in [1.54, 1.807) is 12.0 Å². The number of β-amino-alcohol motifs (C(OH)–C–C–N with tert-alkyl or cyclic N) is 1. The Morgan fingerprint density at radius 1 is 1.53 bits per heavy atom. The number of amides is 1. The minimum absolute atomic E-state index is 0.0904. The zero-order chi connectivity index (χ0) is 13.8. The zero-order valence-electron chi connectivity index (χ0n) is 11.1. The molecule has 19 heavy (non-hydrogen) atoms. The van der Waals surface area contributed by atoms with Crippen LogP contribution in [0.2, 0.25) is 0 Å². The fourth-order valence-corrected chi connectivity index (χ4v) is 2.28. The van der Waals surface area contributed by atoms with Gasteiger partial charge in [-0.25, -0.2) is 0 Å². The molecule has 1 saturated heterocycles. The van der Waals surface area contributed by atoms with Crippen molar-refractivity contribution < 1.29 is 14.6 Å². The molecule has 5 heteroatoms. The van der Waals surface area contributed by atoms with E-state index in [-0.39, 0.29) is 5.91 Å². The summed E-state index contributed by atoms with van der Waals surface area (Å²) in [6.45, 7) is 0.992. The van der Waals surface area contributed by atoms with Crippen LogP contribution in [0.1, 0.15) is 12.0 Å². The van der Waals surface area contributed by atoms with E-state index in [0.29, 0.717) is 25.9 Å². The Hall–Kier alpha value is -1.59. The van der Waals surface area contributed by atoms with E-state index in [2.05, 4.69) is 0 Å². The molecular weight excluding hydrogens is 244 g/mol. The fourth-order valence-electron chi connectivity index (χ4n) is 2.28. The number of ether oxygens (including phenoxy) is 1. The van der Waals surface area contributed by atoms with Gasteiger partial charge in [0, 0.05) is 13.1 Å². The molecule has 0 unspecified atom stereocenters. The maximum absolute atomic E-state index is 12.1. The number of aliphatic hydroxyl groups is 1. The Morgan fingerprint density at radius 2 is 2.21 bits per heavy atom. The van der Waals surface area contributed by atoms with Gasteiger partial charge in [-0.1, -0.05) is 12.1 Å². The van der Waals surface area contributed by atoms with Crippen molar-refractivity contribution in [2.75, 3.05) is 20.2 Å². The van der Waals surface area contributed by atoms with Gasteiger partial charge in [-0.2, -0.15) is 0 Å². The molecule has 1 heterocycles. The highest BCUT2D eigenvalue weighted by atomic mass is 16.5. The molecule has 1 aliphatic rings. The molecule has 5 nitrogen and oxygen atoms in total. The van der Waals surface area contributed by atoms with Crippen LogP contribution < -0.4 is 10.5 Å². The van der Waals surface area contributed by atoms with Crippen molar-refractivity contribution in [1.82, 2.24) is 4.90 Å². The summed E-state index contributed by atoms with van der Waals surface area (Å²) < 4.78 is 5.08. The molecule has 104 valence electrons. The standard InChI is InChI=1S/C14H20N2O3/c1-19-12-4-2-10(3-5-12)8-13(15)14(18)16-7-6-11(17)9-16/h2-5,11,13,17H,6-9,15H2,1H3/t11-,13-/m1/s1. The molecule has 0 bridgehead atoms. The number of carbonyl (C=O) groups excluding carboxylic acids is 1. The van der Waals surface area contributed by atoms with Gasteiger partial charge in [-0.3, -0.25) is 4.79 Å². The van der Waals surface area contributed by atoms with Crippen molar-refractivity contribution in [1.29, 1.82) is 0 Å². The summed E-state index contributed by atoms with van der Waals surface area (Å²) in [7, 11) is 1.61. The average molecular weight is 264 g/mol. The van der Waals surface area contributed by atoms with Gasteiger partial charge < -0.3 is 20.5 Å². The monoisotopic (exact) mass is 264 g/mol. The maximum Gasteiger partial charge on any atom is 0.239 e. The van der Waals surface area contributed by atoms with Crippen LogP contribution in [0.3, 0.4) is 0 Å². The van der Waals surface area contributed by atoms with E-state index < -0.39 is 12.1 Å². The molecule has 1 aromatic carbocycles. The summed E-state index contributed by atoms with van der Waals surface area (Å²) in [5.74, 6) is 0.693. The third-order valence-electron chi connectivity index (χ3n) is 3.41. The van der Waals surface area contributed by atoms with Gasteiger partial charge in [-0.15, -0.1) is 0 Å². The van der Waals surface area contributed by atoms with Crippen molar-refractivity contribution in [3.8, 4) is 5.75 Å². The molecule has 2 rings (SSSR count). The minimum Gasteiger partial charge on any atom is -0.497 e. The van der Waals surface area contributed by atoms with E-state index >= 15 is 0 Å². The Kier molecular flexibility index (Phi) is 4.39. The zero-order valence-corrected chi connectivity index (χ0v) is 11.1. The summed E-state index contributed by atoms with van der Waals surface area (Å²) in [5.41, 5.74) is 6.94. The van der Waals surface area contributed by atoms with Crippen LogP contribution in [0.4, 0.5) is 0 Å². The molecule has 1 aromatic rings. The number of rotatable bonds is 4. The van der Waals surface area contributed by atoms with E-state index in [9.17, 15) is 9.90 Å². The second-order valence-corrected chi connectivity index (χ2v) is 4.89. The number of methoxy groups -OCH3 is 1. The predicted molar refractivity (Wildman–Crippen MR) is 71.9 cm³/mol. The molecule has 3 N–H and O–H groups in total. The highest BCUT2D eigenvalue weighted by Gasteiger charge is 2.28. The van der Waals surface area contributed by atoms with Gasteiger partial charge in [-0.05, 0) is 30.5 Å². The van der Waals surface area contributed by atoms with E-state index in [4.69, 9.17) is 10.5 Å². The Bertz CT molecular complexity index is 433. The van der Waals surface area contributed by atoms with Gasteiger partial charge in [0.05, 0.1) is 19.3 Å². The van der Waals surface area contributed by atoms with Crippen molar-refractivity contribution in [2.24, 2.45) is 5.73 Å². The first kappa shape index (κ1) is 13.8. The van der Waals surface area contributed by atoms with E-state index in [1.807, 2.05) is 24.3 Å². The molecule has 1 fully saturated rings. The summed E-state index contributed by atoms with van der Waals surface area (Å²) in [6.07, 6.45) is 0.730. The fraction of sp³-hybridized carbons (Fsp3) is 0.500. The van der Waals surface area contributed by atoms with Crippen LogP contribution in [0.25, 0.3) is 0 Å². The molecule has 2 atom stereocenters. The van der Waals surface area contributed by atoms with Crippen molar-refractivity contribution in [3.63, 3.8) is 0 Å². The lowest BCUT2D eigenvalue weighted by atomic mass is 10.1. The van der Waals surface area contributed by atoms with Crippen molar-refractivity contribution in [2.45, 2.75) is 25.0 Å². The highest BCUT2D eigenvalue weighted by molar-refractivity contribution is 5.82. The summed E-state index contributed by atoms with van der Waals surface area (Å²) in [6, 6.07) is 6.96. The van der Waals surface area contributed by atoms with Crippen LogP contribution in [-0.2, 0) is 11.2 Å². The Morgan fingerprint density at radius 3 is 2.74 bits per heavy atom. The number of aliphatic hydroxyl groups excluding tert-OH is 1. The molecule has 0 spiro atoms. The molecule has 0 radical (unpaired) electrons. The van der Waals surface area contributed by atoms with Crippen LogP contribution in [0, 0.1) is 0 Å². The minimum atomic E-state index is -0.557. The molecule has 1 aliphatic heterocycles. The van der Waals surface area contributed by atoms with Crippen molar-refractivity contribution in [3.05, 3.63) is 29.8 Å². The lowest BCUT2D eigenvalue weighted by Gasteiger charge is -2.20. The second kappa shape index (κ2) is 6.04. The Labute approximate surface area is 113 Å². The summed E-state index contributed by atoms with van der Waals surface area (Å²) in [5, 5.41) is 9.43. The number of nitrogens with two attached hydrogens (primary N) is 1. The number of likely N-dealkylation sites (tertiary alicyclic amines) is 1. The van der Waals surface area contributed by atoms with Crippen LogP contribution >= 0.6 is 0 Å². The first-order valence-corrected chi connectivity index (χ1v) is 6.45. The second-order valence-electron chi connectivity index (χ2n) is 4.89. The number of benzene rings is 1. The van der Waals surface area contributed by atoms with Gasteiger partial charge in [0.25, 0.3) is 0 Å². The molecule has 0 aromatic heterocycles. The lowest BCUT2D eigenvalue weighted by Crippen LogP contribution is -2.44. The number of hydrogen-bond donors (Lipinski definition) is 2. The summed E-state index contributed by atoms with van der Waals surface area (Å²) in [4.78, 5) is 13.7. The van der Waals surface area contributed by atoms with Crippen molar-refractivity contribution >= 4 is 5.91 Å².